The Morgan fingerprint density at radius 3 is 0.896 bits per heavy atom. The third kappa shape index (κ3) is 15.3. The lowest BCUT2D eigenvalue weighted by Crippen LogP contribution is -2.01. The minimum Gasteiger partial charge on any atom is -0.455 e. The highest BCUT2D eigenvalue weighted by Crippen LogP contribution is 2.47. The molecule has 0 atom stereocenters. The zero-order valence-electron chi connectivity index (χ0n) is 77.3. The van der Waals surface area contributed by atoms with Crippen LogP contribution in [0.15, 0.2) is 492 Å². The minimum atomic E-state index is 0.628. The monoisotopic (exact) mass is 1860 g/mol. The smallest absolute Gasteiger partial charge is 0.165 e. The second kappa shape index (κ2) is 35.7. The highest BCUT2D eigenvalue weighted by molar-refractivity contribution is 7.26. The number of aromatic nitrogens is 9. The third-order valence-electron chi connectivity index (χ3n) is 27.4. The second-order valence-corrected chi connectivity index (χ2v) is 37.1. The Balaban J connectivity index is 0.000000108. The molecule has 0 bridgehead atoms. The van der Waals surface area contributed by atoms with Crippen molar-refractivity contribution in [3.8, 4) is 147 Å². The average Bonchev–Trinajstić information content (AvgIpc) is 1.75. The van der Waals surface area contributed by atoms with E-state index >= 15 is 0 Å². The third-order valence-corrected chi connectivity index (χ3v) is 28.6. The van der Waals surface area contributed by atoms with Gasteiger partial charge in [0.05, 0.1) is 0 Å². The Kier molecular flexibility index (Phi) is 20.8. The standard InChI is InChI=1S/C45H27N3O.C43H25N3OS.C43H27N3O/c1-2-11-29(12-3-1)43-46-44(48-45(47-43)40-27-32-13-4-5-16-34(32)35-17-6-7-18-36(35)40)33-15-10-14-30(25-33)31-22-21-28-23-24-38-37-19-8-9-20-41(37)49-42(38)39(28)26-31;1-2-11-26(12-3-1)41-44-42(46-43(45-41)36-20-10-19-35-32-16-5-7-22-38(32)48-40(35)36)28-14-8-13-27(25-28)29-17-9-18-33-30(29)23-24-34-31-15-4-6-21-37(31)47-39(33)34;1-3-12-28(13-4-1)41-44-42(29-14-5-2-6-15-29)46-43(45-41)33-19-10-17-31(27-33)30-16-9-18-32(26-30)34-21-11-22-37-35(34)24-25-38-36-20-7-8-23-39(36)47-40(37)38/h1-27H;1-25H;1-27H. The maximum absolute atomic E-state index is 6.39. The van der Waals surface area contributed by atoms with Gasteiger partial charge in [0.15, 0.2) is 52.4 Å². The number of hydrogen-bond donors (Lipinski definition) is 0. The summed E-state index contributed by atoms with van der Waals surface area (Å²) < 4.78 is 21.6. The number of furan rings is 3. The van der Waals surface area contributed by atoms with E-state index in [-0.39, 0.29) is 0 Å². The van der Waals surface area contributed by atoms with Gasteiger partial charge in [-0.25, -0.2) is 44.9 Å². The molecule has 13 heteroatoms. The highest BCUT2D eigenvalue weighted by atomic mass is 32.1. The zero-order valence-corrected chi connectivity index (χ0v) is 78.1. The number of thiophene rings is 1. The maximum atomic E-state index is 6.39. The van der Waals surface area contributed by atoms with E-state index in [0.717, 1.165) is 198 Å². The van der Waals surface area contributed by atoms with Gasteiger partial charge < -0.3 is 13.3 Å². The Morgan fingerprint density at radius 2 is 0.424 bits per heavy atom. The van der Waals surface area contributed by atoms with Crippen LogP contribution in [0.25, 0.3) is 287 Å². The molecule has 0 aliphatic heterocycles. The lowest BCUT2D eigenvalue weighted by molar-refractivity contribution is 0.672. The highest BCUT2D eigenvalue weighted by Gasteiger charge is 2.24. The van der Waals surface area contributed by atoms with Crippen LogP contribution in [0.4, 0.5) is 0 Å². The molecule has 0 aliphatic rings. The number of benzene rings is 22. The van der Waals surface area contributed by atoms with Crippen molar-refractivity contribution in [1.29, 1.82) is 0 Å². The molecule has 0 unspecified atom stereocenters. The van der Waals surface area contributed by atoms with E-state index in [2.05, 4.69) is 322 Å². The van der Waals surface area contributed by atoms with Crippen molar-refractivity contribution in [2.75, 3.05) is 0 Å². The van der Waals surface area contributed by atoms with Crippen molar-refractivity contribution in [3.63, 3.8) is 0 Å². The molecule has 0 saturated heterocycles. The normalized spacial score (nSPS) is 11.6. The number of hydrogen-bond acceptors (Lipinski definition) is 13. The summed E-state index contributed by atoms with van der Waals surface area (Å²) in [5, 5.41) is 20.7. The first kappa shape index (κ1) is 84.1. The number of nitrogens with zero attached hydrogens (tertiary/aromatic N) is 9. The molecule has 7 aromatic heterocycles. The molecule has 0 aliphatic carbocycles. The first-order valence-corrected chi connectivity index (χ1v) is 48.9. The number of para-hydroxylation sites is 3. The van der Waals surface area contributed by atoms with Crippen molar-refractivity contribution in [2.24, 2.45) is 0 Å². The van der Waals surface area contributed by atoms with Crippen molar-refractivity contribution in [1.82, 2.24) is 44.9 Å². The van der Waals surface area contributed by atoms with E-state index < -0.39 is 0 Å². The SMILES string of the molecule is c1ccc(-c2nc(-c3cccc(-c4ccc5ccc6c7ccccc7oc6c5c4)c3)nc(-c3cc4ccccc4c4ccccc34)n2)cc1.c1ccc(-c2nc(-c3cccc(-c4cccc5c4ccc4c6ccccc6oc54)c3)nc(-c3cccc4c3sc3ccccc34)n2)cc1.c1ccc(-c2nc(-c3ccccc3)nc(-c3cccc(-c4cccc(-c5cccc6c5ccc5c7ccccc7oc65)c4)c3)n2)cc1. The first-order chi connectivity index (χ1) is 71.3. The van der Waals surface area contributed by atoms with E-state index in [9.17, 15) is 0 Å². The predicted octanol–water partition coefficient (Wildman–Crippen LogP) is 35.1. The molecular formula is C131H79N9O3S. The van der Waals surface area contributed by atoms with Gasteiger partial charge in [-0.15, -0.1) is 11.3 Å². The summed E-state index contributed by atoms with van der Waals surface area (Å²) in [5.41, 5.74) is 22.9. The quantitative estimate of drug-likeness (QED) is 0.101. The van der Waals surface area contributed by atoms with Gasteiger partial charge in [-0.05, 0) is 167 Å². The van der Waals surface area contributed by atoms with Crippen LogP contribution >= 0.6 is 11.3 Å². The van der Waals surface area contributed by atoms with E-state index in [1.807, 2.05) is 158 Å². The van der Waals surface area contributed by atoms with Crippen molar-refractivity contribution in [2.45, 2.75) is 0 Å². The lowest BCUT2D eigenvalue weighted by Gasteiger charge is -2.13. The van der Waals surface area contributed by atoms with Crippen LogP contribution in [0.2, 0.25) is 0 Å². The van der Waals surface area contributed by atoms with Crippen molar-refractivity contribution in [3.05, 3.63) is 479 Å². The molecule has 29 rings (SSSR count). The predicted molar refractivity (Wildman–Crippen MR) is 592 cm³/mol. The summed E-state index contributed by atoms with van der Waals surface area (Å²) in [6, 6.07) is 166. The molecule has 144 heavy (non-hydrogen) atoms. The van der Waals surface area contributed by atoms with E-state index in [1.54, 1.807) is 11.3 Å². The lowest BCUT2D eigenvalue weighted by atomic mass is 9.94. The van der Waals surface area contributed by atoms with Gasteiger partial charge in [0.1, 0.15) is 33.5 Å². The molecule has 22 aromatic carbocycles. The van der Waals surface area contributed by atoms with Gasteiger partial charge >= 0.3 is 0 Å². The fourth-order valence-corrected chi connectivity index (χ4v) is 21.6. The summed E-state index contributed by atoms with van der Waals surface area (Å²) in [6.07, 6.45) is 0. The molecule has 672 valence electrons. The number of rotatable bonds is 13. The molecular weight excluding hydrogens is 1780 g/mol. The molecule has 0 spiro atoms. The van der Waals surface area contributed by atoms with Gasteiger partial charge in [0.25, 0.3) is 0 Å². The summed E-state index contributed by atoms with van der Waals surface area (Å²) >= 11 is 1.78. The van der Waals surface area contributed by atoms with Crippen LogP contribution < -0.4 is 0 Å². The summed E-state index contributed by atoms with van der Waals surface area (Å²) in [4.78, 5) is 45.3. The maximum Gasteiger partial charge on any atom is 0.165 e. The molecule has 0 saturated carbocycles. The molecule has 0 amide bonds. The largest absolute Gasteiger partial charge is 0.455 e. The van der Waals surface area contributed by atoms with Gasteiger partial charge in [-0.1, -0.05) is 394 Å². The van der Waals surface area contributed by atoms with E-state index in [0.29, 0.717) is 52.4 Å². The molecule has 12 nitrogen and oxygen atoms in total. The van der Waals surface area contributed by atoms with Crippen molar-refractivity contribution >= 4 is 151 Å². The Hall–Kier alpha value is -19.2. The molecule has 29 aromatic rings. The topological polar surface area (TPSA) is 155 Å². The van der Waals surface area contributed by atoms with Gasteiger partial charge in [-0.3, -0.25) is 0 Å². The van der Waals surface area contributed by atoms with Crippen LogP contribution in [0.1, 0.15) is 0 Å². The Morgan fingerprint density at radius 1 is 0.139 bits per heavy atom. The van der Waals surface area contributed by atoms with Gasteiger partial charge in [0, 0.05) is 119 Å². The average molecular weight is 1860 g/mol. The van der Waals surface area contributed by atoms with Gasteiger partial charge in [-0.2, -0.15) is 0 Å². The van der Waals surface area contributed by atoms with Crippen LogP contribution in [0, 0.1) is 0 Å². The molecule has 0 N–H and O–H groups in total. The summed E-state index contributed by atoms with van der Waals surface area (Å²) in [7, 11) is 0. The molecule has 0 radical (unpaired) electrons. The Labute approximate surface area is 829 Å². The first-order valence-electron chi connectivity index (χ1n) is 48.1. The fraction of sp³-hybridized carbons (Fsp3) is 0. The number of fused-ring (bicyclic) bond motifs is 21. The van der Waals surface area contributed by atoms with E-state index in [4.69, 9.17) is 58.1 Å². The summed E-state index contributed by atoms with van der Waals surface area (Å²) in [6.45, 7) is 0. The van der Waals surface area contributed by atoms with Gasteiger partial charge in [0.2, 0.25) is 0 Å². The molecule has 7 heterocycles. The fourth-order valence-electron chi connectivity index (χ4n) is 20.4. The second-order valence-electron chi connectivity index (χ2n) is 36.0. The van der Waals surface area contributed by atoms with Crippen molar-refractivity contribution < 1.29 is 13.3 Å². The zero-order chi connectivity index (χ0) is 95.1. The minimum absolute atomic E-state index is 0.628. The van der Waals surface area contributed by atoms with Crippen LogP contribution in [-0.4, -0.2) is 44.9 Å². The Bertz CT molecular complexity index is 10100. The van der Waals surface area contributed by atoms with E-state index in [1.165, 1.54) is 36.5 Å². The van der Waals surface area contributed by atoms with Crippen LogP contribution in [-0.2, 0) is 0 Å². The van der Waals surface area contributed by atoms with Crippen LogP contribution in [0.5, 0.6) is 0 Å². The molecule has 0 fully saturated rings. The summed E-state index contributed by atoms with van der Waals surface area (Å²) in [5.74, 6) is 5.81. The van der Waals surface area contributed by atoms with Crippen LogP contribution in [0.3, 0.4) is 0 Å².